The molecule has 3 nitrogen and oxygen atoms in total. The third kappa shape index (κ3) is 1.89. The molecule has 0 fully saturated rings. The Bertz CT molecular complexity index is 439. The highest BCUT2D eigenvalue weighted by Crippen LogP contribution is 2.17. The summed E-state index contributed by atoms with van der Waals surface area (Å²) in [6.45, 7) is 0.549. The van der Waals surface area contributed by atoms with Gasteiger partial charge in [-0.1, -0.05) is 11.6 Å². The van der Waals surface area contributed by atoms with Gasteiger partial charge in [-0.15, -0.1) is 0 Å². The molecule has 14 heavy (non-hydrogen) atoms. The van der Waals surface area contributed by atoms with E-state index >= 15 is 0 Å². The van der Waals surface area contributed by atoms with E-state index in [1.807, 2.05) is 24.6 Å². The largest absolute Gasteiger partial charge is 0.384 e. The molecule has 0 atom stereocenters. The van der Waals surface area contributed by atoms with E-state index in [4.69, 9.17) is 16.3 Å². The Morgan fingerprint density at radius 1 is 1.57 bits per heavy atom. The number of aromatic nitrogens is 2. The number of hydrogen-bond donors (Lipinski definition) is 1. The number of halogens is 1. The lowest BCUT2D eigenvalue weighted by atomic mass is 10.3. The molecule has 0 bridgehead atoms. The molecule has 0 aliphatic carbocycles. The zero-order chi connectivity index (χ0) is 9.97. The number of imidazole rings is 1. The van der Waals surface area contributed by atoms with Gasteiger partial charge in [0.05, 0.1) is 24.1 Å². The van der Waals surface area contributed by atoms with Gasteiger partial charge in [-0.2, -0.15) is 0 Å². The minimum atomic E-state index is 0.549. The fraction of sp³-hybridized carbons (Fsp3) is 0.200. The van der Waals surface area contributed by atoms with Crippen LogP contribution in [0, 0.1) is 6.42 Å². The number of fused-ring (bicyclic) bond motifs is 1. The van der Waals surface area contributed by atoms with E-state index < -0.39 is 0 Å². The second-order valence-corrected chi connectivity index (χ2v) is 3.38. The SMILES string of the molecule is COC[CH]c1nc2cc(Cl)ccc2[nH]1. The number of nitrogens with zero attached hydrogens (tertiary/aromatic N) is 1. The Morgan fingerprint density at radius 3 is 3.21 bits per heavy atom. The fourth-order valence-corrected chi connectivity index (χ4v) is 1.42. The number of nitrogens with one attached hydrogen (secondary N) is 1. The minimum absolute atomic E-state index is 0.549. The van der Waals surface area contributed by atoms with Crippen LogP contribution in [0.3, 0.4) is 0 Å². The molecule has 0 aliphatic rings. The van der Waals surface area contributed by atoms with Crippen molar-refractivity contribution in [3.8, 4) is 0 Å². The van der Waals surface area contributed by atoms with E-state index in [0.717, 1.165) is 16.9 Å². The average molecular weight is 210 g/mol. The van der Waals surface area contributed by atoms with Crippen LogP contribution < -0.4 is 0 Å². The van der Waals surface area contributed by atoms with Crippen molar-refractivity contribution < 1.29 is 4.74 Å². The lowest BCUT2D eigenvalue weighted by Crippen LogP contribution is -1.92. The van der Waals surface area contributed by atoms with Crippen molar-refractivity contribution >= 4 is 22.6 Å². The number of benzene rings is 1. The Kier molecular flexibility index (Phi) is 2.70. The van der Waals surface area contributed by atoms with E-state index in [1.165, 1.54) is 0 Å². The Morgan fingerprint density at radius 2 is 2.43 bits per heavy atom. The summed E-state index contributed by atoms with van der Waals surface area (Å²) in [6.07, 6.45) is 1.88. The Labute approximate surface area is 87.1 Å². The van der Waals surface area contributed by atoms with Crippen LogP contribution in [0.5, 0.6) is 0 Å². The first-order valence-corrected chi connectivity index (χ1v) is 4.65. The molecule has 0 amide bonds. The molecule has 4 heteroatoms. The highest BCUT2D eigenvalue weighted by atomic mass is 35.5. The summed E-state index contributed by atoms with van der Waals surface area (Å²) in [4.78, 5) is 7.49. The molecule has 0 saturated carbocycles. The molecule has 0 spiro atoms. The van der Waals surface area contributed by atoms with Crippen LogP contribution >= 0.6 is 11.6 Å². The predicted molar refractivity (Wildman–Crippen MR) is 56.4 cm³/mol. The van der Waals surface area contributed by atoms with Crippen molar-refractivity contribution in [2.45, 2.75) is 0 Å². The van der Waals surface area contributed by atoms with Gasteiger partial charge in [0.15, 0.2) is 0 Å². The van der Waals surface area contributed by atoms with Crippen LogP contribution in [0.4, 0.5) is 0 Å². The van der Waals surface area contributed by atoms with Crippen LogP contribution in [0.2, 0.25) is 5.02 Å². The predicted octanol–water partition coefficient (Wildman–Crippen LogP) is 2.42. The van der Waals surface area contributed by atoms with Gasteiger partial charge >= 0.3 is 0 Å². The maximum absolute atomic E-state index is 5.84. The number of rotatable bonds is 3. The van der Waals surface area contributed by atoms with Gasteiger partial charge < -0.3 is 9.72 Å². The van der Waals surface area contributed by atoms with E-state index in [-0.39, 0.29) is 0 Å². The summed E-state index contributed by atoms with van der Waals surface area (Å²) in [6, 6.07) is 5.58. The Hall–Kier alpha value is -1.06. The van der Waals surface area contributed by atoms with Gasteiger partial charge in [-0.05, 0) is 18.2 Å². The van der Waals surface area contributed by atoms with Crippen LogP contribution in [0.25, 0.3) is 11.0 Å². The van der Waals surface area contributed by atoms with Crippen molar-refractivity contribution in [3.63, 3.8) is 0 Å². The van der Waals surface area contributed by atoms with Crippen molar-refractivity contribution in [2.75, 3.05) is 13.7 Å². The first-order chi connectivity index (χ1) is 6.79. The summed E-state index contributed by atoms with van der Waals surface area (Å²) in [5.41, 5.74) is 1.86. The normalized spacial score (nSPS) is 11.0. The lowest BCUT2D eigenvalue weighted by molar-refractivity contribution is 0.225. The third-order valence-corrected chi connectivity index (χ3v) is 2.14. The number of hydrogen-bond acceptors (Lipinski definition) is 2. The molecule has 2 aromatic rings. The van der Waals surface area contributed by atoms with Gasteiger partial charge in [0.2, 0.25) is 0 Å². The molecule has 0 aliphatic heterocycles. The maximum atomic E-state index is 5.84. The van der Waals surface area contributed by atoms with E-state index in [1.54, 1.807) is 7.11 Å². The van der Waals surface area contributed by atoms with Crippen molar-refractivity contribution in [1.29, 1.82) is 0 Å². The molecule has 1 aromatic carbocycles. The Balaban J connectivity index is 2.32. The zero-order valence-electron chi connectivity index (χ0n) is 7.75. The quantitative estimate of drug-likeness (QED) is 0.843. The molecule has 0 saturated heterocycles. The van der Waals surface area contributed by atoms with Crippen molar-refractivity contribution in [1.82, 2.24) is 9.97 Å². The minimum Gasteiger partial charge on any atom is -0.384 e. The first kappa shape index (κ1) is 9.49. The monoisotopic (exact) mass is 209 g/mol. The summed E-state index contributed by atoms with van der Waals surface area (Å²) in [5.74, 6) is 0.809. The van der Waals surface area contributed by atoms with Gasteiger partial charge in [-0.3, -0.25) is 0 Å². The highest BCUT2D eigenvalue weighted by Gasteiger charge is 2.02. The smallest absolute Gasteiger partial charge is 0.113 e. The number of methoxy groups -OCH3 is 1. The van der Waals surface area contributed by atoms with Crippen molar-refractivity contribution in [2.24, 2.45) is 0 Å². The third-order valence-electron chi connectivity index (χ3n) is 1.91. The molecule has 2 rings (SSSR count). The second-order valence-electron chi connectivity index (χ2n) is 2.94. The summed E-state index contributed by atoms with van der Waals surface area (Å²) < 4.78 is 4.92. The van der Waals surface area contributed by atoms with Crippen molar-refractivity contribution in [3.05, 3.63) is 35.5 Å². The molecule has 1 radical (unpaired) electrons. The molecule has 1 heterocycles. The first-order valence-electron chi connectivity index (χ1n) is 4.27. The average Bonchev–Trinajstić information content (AvgIpc) is 2.56. The van der Waals surface area contributed by atoms with Gasteiger partial charge in [0.1, 0.15) is 5.82 Å². The second kappa shape index (κ2) is 3.98. The number of aromatic amines is 1. The van der Waals surface area contributed by atoms with Crippen LogP contribution in [-0.4, -0.2) is 23.7 Å². The van der Waals surface area contributed by atoms with E-state index in [0.29, 0.717) is 11.6 Å². The topological polar surface area (TPSA) is 37.9 Å². The van der Waals surface area contributed by atoms with Gasteiger partial charge in [-0.25, -0.2) is 4.98 Å². The molecular formula is C10H10ClN2O. The summed E-state index contributed by atoms with van der Waals surface area (Å²) in [5, 5.41) is 0.697. The molecule has 0 unspecified atom stereocenters. The molecule has 1 aromatic heterocycles. The fourth-order valence-electron chi connectivity index (χ4n) is 1.26. The van der Waals surface area contributed by atoms with Crippen LogP contribution in [-0.2, 0) is 4.74 Å². The van der Waals surface area contributed by atoms with Gasteiger partial charge in [0.25, 0.3) is 0 Å². The van der Waals surface area contributed by atoms with E-state index in [2.05, 4.69) is 9.97 Å². The van der Waals surface area contributed by atoms with Crippen LogP contribution in [0.1, 0.15) is 5.82 Å². The summed E-state index contributed by atoms with van der Waals surface area (Å²) in [7, 11) is 1.65. The standard InChI is InChI=1S/C10H10ClN2O/c1-14-5-4-10-12-8-3-2-7(11)6-9(8)13-10/h2-4,6H,5H2,1H3,(H,12,13). The molecule has 1 N–H and O–H groups in total. The maximum Gasteiger partial charge on any atom is 0.113 e. The lowest BCUT2D eigenvalue weighted by Gasteiger charge is -1.92. The summed E-state index contributed by atoms with van der Waals surface area (Å²) >= 11 is 5.84. The highest BCUT2D eigenvalue weighted by molar-refractivity contribution is 6.31. The van der Waals surface area contributed by atoms with Crippen LogP contribution in [0.15, 0.2) is 18.2 Å². The van der Waals surface area contributed by atoms with E-state index in [9.17, 15) is 0 Å². The number of H-pyrrole nitrogens is 1. The number of ether oxygens (including phenoxy) is 1. The zero-order valence-corrected chi connectivity index (χ0v) is 8.51. The van der Waals surface area contributed by atoms with Gasteiger partial charge in [0, 0.05) is 12.1 Å². The molecule has 73 valence electrons. The molecular weight excluding hydrogens is 200 g/mol.